The number of nitrogens with zero attached hydrogens (tertiary/aromatic N) is 2. The van der Waals surface area contributed by atoms with Gasteiger partial charge in [-0.05, 0) is 37.8 Å². The third-order valence-corrected chi connectivity index (χ3v) is 5.01. The van der Waals surface area contributed by atoms with Crippen molar-refractivity contribution >= 4 is 17.5 Å². The van der Waals surface area contributed by atoms with Crippen molar-refractivity contribution in [1.29, 1.82) is 0 Å². The van der Waals surface area contributed by atoms with Crippen LogP contribution in [0.25, 0.3) is 0 Å². The number of likely N-dealkylation sites (tertiary alicyclic amines) is 1. The van der Waals surface area contributed by atoms with Crippen molar-refractivity contribution in [2.45, 2.75) is 44.7 Å². The van der Waals surface area contributed by atoms with Gasteiger partial charge in [0.05, 0.1) is 0 Å². The molecule has 1 N–H and O–H groups in total. The molecular formula is C18H24FN3O2. The van der Waals surface area contributed by atoms with Crippen LogP contribution < -0.4 is 10.2 Å². The second-order valence-electron chi connectivity index (χ2n) is 6.56. The van der Waals surface area contributed by atoms with Crippen molar-refractivity contribution < 1.29 is 14.0 Å². The number of rotatable bonds is 4. The van der Waals surface area contributed by atoms with Crippen LogP contribution in [0.5, 0.6) is 0 Å². The lowest BCUT2D eigenvalue weighted by atomic mass is 10.0. The van der Waals surface area contributed by atoms with Crippen LogP contribution in [0.3, 0.4) is 0 Å². The van der Waals surface area contributed by atoms with E-state index in [1.54, 1.807) is 13.1 Å². The highest BCUT2D eigenvalue weighted by Gasteiger charge is 2.30. The van der Waals surface area contributed by atoms with Crippen LogP contribution in [0.15, 0.2) is 18.2 Å². The maximum Gasteiger partial charge on any atom is 0.243 e. The normalized spacial score (nSPS) is 21.2. The summed E-state index contributed by atoms with van der Waals surface area (Å²) in [5.74, 6) is -0.515. The minimum Gasteiger partial charge on any atom is -0.371 e. The number of benzene rings is 1. The first kappa shape index (κ1) is 16.7. The fourth-order valence-electron chi connectivity index (χ4n) is 3.57. The second kappa shape index (κ2) is 7.20. The molecule has 6 heteroatoms. The monoisotopic (exact) mass is 333 g/mol. The fraction of sp³-hybridized carbons (Fsp3) is 0.556. The van der Waals surface area contributed by atoms with Gasteiger partial charge >= 0.3 is 0 Å². The summed E-state index contributed by atoms with van der Waals surface area (Å²) < 4.78 is 14.3. The standard InChI is InChI=1S/C18H24FN3O2/c1-21-16(8-5-9-17(21)23)18(24)20-12-13-14(19)6-4-7-15(13)22-10-2-3-11-22/h4,6-7,16H,2-3,5,8-12H2,1H3,(H,20,24). The van der Waals surface area contributed by atoms with Crippen molar-refractivity contribution in [1.82, 2.24) is 10.2 Å². The number of piperidine rings is 1. The number of carbonyl (C=O) groups is 2. The molecular weight excluding hydrogens is 309 g/mol. The van der Waals surface area contributed by atoms with Crippen LogP contribution in [-0.4, -0.2) is 42.9 Å². The number of carbonyl (C=O) groups excluding carboxylic acids is 2. The Balaban J connectivity index is 1.70. The Morgan fingerprint density at radius 3 is 2.79 bits per heavy atom. The Kier molecular flexibility index (Phi) is 5.02. The molecule has 3 rings (SSSR count). The van der Waals surface area contributed by atoms with Crippen molar-refractivity contribution in [3.8, 4) is 0 Å². The maximum absolute atomic E-state index is 14.3. The summed E-state index contributed by atoms with van der Waals surface area (Å²) >= 11 is 0. The van der Waals surface area contributed by atoms with E-state index in [4.69, 9.17) is 0 Å². The van der Waals surface area contributed by atoms with E-state index in [-0.39, 0.29) is 24.2 Å². The van der Waals surface area contributed by atoms with Crippen molar-refractivity contribution in [2.75, 3.05) is 25.0 Å². The molecule has 0 radical (unpaired) electrons. The van der Waals surface area contributed by atoms with Crippen molar-refractivity contribution in [3.05, 3.63) is 29.6 Å². The molecule has 1 atom stereocenters. The summed E-state index contributed by atoms with van der Waals surface area (Å²) in [5.41, 5.74) is 1.39. The van der Waals surface area contributed by atoms with Gasteiger partial charge < -0.3 is 15.1 Å². The van der Waals surface area contributed by atoms with Crippen LogP contribution in [0.1, 0.15) is 37.7 Å². The quantitative estimate of drug-likeness (QED) is 0.917. The minimum atomic E-state index is -0.451. The summed E-state index contributed by atoms with van der Waals surface area (Å²) in [6.07, 6.45) is 4.09. The maximum atomic E-state index is 14.3. The van der Waals surface area contributed by atoms with Crippen LogP contribution >= 0.6 is 0 Å². The molecule has 1 aromatic carbocycles. The number of halogens is 1. The van der Waals surface area contributed by atoms with E-state index in [1.165, 1.54) is 11.0 Å². The third kappa shape index (κ3) is 3.37. The minimum absolute atomic E-state index is 0.00922. The van der Waals surface area contributed by atoms with Gasteiger partial charge in [0.2, 0.25) is 11.8 Å². The van der Waals surface area contributed by atoms with Crippen molar-refractivity contribution in [3.63, 3.8) is 0 Å². The molecule has 0 aliphatic carbocycles. The van der Waals surface area contributed by atoms with E-state index >= 15 is 0 Å². The lowest BCUT2D eigenvalue weighted by Gasteiger charge is -2.31. The zero-order valence-electron chi connectivity index (χ0n) is 14.1. The Morgan fingerprint density at radius 1 is 1.29 bits per heavy atom. The van der Waals surface area contributed by atoms with Gasteiger partial charge in [0.25, 0.3) is 0 Å². The first-order chi connectivity index (χ1) is 11.6. The van der Waals surface area contributed by atoms with Crippen LogP contribution in [0.2, 0.25) is 0 Å². The van der Waals surface area contributed by atoms with Crippen LogP contribution in [-0.2, 0) is 16.1 Å². The zero-order chi connectivity index (χ0) is 17.1. The van der Waals surface area contributed by atoms with Gasteiger partial charge in [-0.15, -0.1) is 0 Å². The predicted molar refractivity (Wildman–Crippen MR) is 90.1 cm³/mol. The van der Waals surface area contributed by atoms with E-state index in [9.17, 15) is 14.0 Å². The Morgan fingerprint density at radius 2 is 2.04 bits per heavy atom. The molecule has 130 valence electrons. The molecule has 0 aromatic heterocycles. The molecule has 1 aromatic rings. The Hall–Kier alpha value is -2.11. The molecule has 2 saturated heterocycles. The highest BCUT2D eigenvalue weighted by molar-refractivity contribution is 5.88. The molecule has 0 spiro atoms. The van der Waals surface area contributed by atoms with Gasteiger partial charge in [0.15, 0.2) is 0 Å². The van der Waals surface area contributed by atoms with E-state index < -0.39 is 6.04 Å². The number of nitrogens with one attached hydrogen (secondary N) is 1. The number of anilines is 1. The SMILES string of the molecule is CN1C(=O)CCCC1C(=O)NCc1c(F)cccc1N1CCCC1. The second-order valence-corrected chi connectivity index (χ2v) is 6.56. The Bertz CT molecular complexity index is 629. The molecule has 0 bridgehead atoms. The number of likely N-dealkylation sites (N-methyl/N-ethyl adjacent to an activating group) is 1. The van der Waals surface area contributed by atoms with E-state index in [2.05, 4.69) is 10.2 Å². The van der Waals surface area contributed by atoms with Gasteiger partial charge in [0.1, 0.15) is 11.9 Å². The lowest BCUT2D eigenvalue weighted by molar-refractivity contribution is -0.142. The molecule has 2 fully saturated rings. The largest absolute Gasteiger partial charge is 0.371 e. The van der Waals surface area contributed by atoms with Gasteiger partial charge in [-0.25, -0.2) is 4.39 Å². The van der Waals surface area contributed by atoms with Gasteiger partial charge in [-0.2, -0.15) is 0 Å². The summed E-state index contributed by atoms with van der Waals surface area (Å²) in [6.45, 7) is 1.99. The third-order valence-electron chi connectivity index (χ3n) is 5.01. The zero-order valence-corrected chi connectivity index (χ0v) is 14.1. The van der Waals surface area contributed by atoms with Crippen LogP contribution in [0, 0.1) is 5.82 Å². The molecule has 2 amide bonds. The molecule has 5 nitrogen and oxygen atoms in total. The number of hydrogen-bond acceptors (Lipinski definition) is 3. The molecule has 2 heterocycles. The van der Waals surface area contributed by atoms with E-state index in [0.29, 0.717) is 18.4 Å². The highest BCUT2D eigenvalue weighted by Crippen LogP contribution is 2.26. The first-order valence-corrected chi connectivity index (χ1v) is 8.63. The summed E-state index contributed by atoms with van der Waals surface area (Å²) in [7, 11) is 1.66. The molecule has 1 unspecified atom stereocenters. The number of hydrogen-bond donors (Lipinski definition) is 1. The van der Waals surface area contributed by atoms with E-state index in [0.717, 1.165) is 38.0 Å². The van der Waals surface area contributed by atoms with Gasteiger partial charge in [-0.3, -0.25) is 9.59 Å². The topological polar surface area (TPSA) is 52.7 Å². The Labute approximate surface area is 141 Å². The average Bonchev–Trinajstić information content (AvgIpc) is 3.10. The first-order valence-electron chi connectivity index (χ1n) is 8.63. The molecule has 24 heavy (non-hydrogen) atoms. The van der Waals surface area contributed by atoms with Crippen LogP contribution in [0.4, 0.5) is 10.1 Å². The highest BCUT2D eigenvalue weighted by atomic mass is 19.1. The predicted octanol–water partition coefficient (Wildman–Crippen LogP) is 2.05. The van der Waals surface area contributed by atoms with Crippen molar-refractivity contribution in [2.24, 2.45) is 0 Å². The summed E-state index contributed by atoms with van der Waals surface area (Å²) in [6, 6.07) is 4.60. The average molecular weight is 333 g/mol. The van der Waals surface area contributed by atoms with Gasteiger partial charge in [-0.1, -0.05) is 6.07 Å². The molecule has 2 aliphatic heterocycles. The summed E-state index contributed by atoms with van der Waals surface area (Å²) in [4.78, 5) is 27.8. The molecule has 0 saturated carbocycles. The smallest absolute Gasteiger partial charge is 0.243 e. The van der Waals surface area contributed by atoms with Gasteiger partial charge in [0, 0.05) is 44.4 Å². The fourth-order valence-corrected chi connectivity index (χ4v) is 3.57. The number of amides is 2. The summed E-state index contributed by atoms with van der Waals surface area (Å²) in [5, 5.41) is 2.82. The molecule has 2 aliphatic rings. The lowest BCUT2D eigenvalue weighted by Crippen LogP contribution is -2.49. The van der Waals surface area contributed by atoms with E-state index in [1.807, 2.05) is 6.07 Å².